The van der Waals surface area contributed by atoms with Gasteiger partial charge in [-0.25, -0.2) is 0 Å². The molecule has 5 nitrogen and oxygen atoms in total. The second-order valence-electron chi connectivity index (χ2n) is 3.31. The van der Waals surface area contributed by atoms with Crippen LogP contribution in [0.15, 0.2) is 6.33 Å². The Labute approximate surface area is 90.0 Å². The molecule has 0 bridgehead atoms. The number of nitrogens with one attached hydrogen (secondary N) is 1. The summed E-state index contributed by atoms with van der Waals surface area (Å²) in [5.41, 5.74) is 7.13. The summed E-state index contributed by atoms with van der Waals surface area (Å²) < 4.78 is 0.585. The van der Waals surface area contributed by atoms with Crippen LogP contribution in [0.2, 0.25) is 4.71 Å². The molecule has 0 aliphatic carbocycles. The number of aromatic amines is 1. The fourth-order valence-corrected chi connectivity index (χ4v) is 1.73. The van der Waals surface area contributed by atoms with Gasteiger partial charge in [-0.05, 0) is 0 Å². The molecular formula is C8H12AsN5. The summed E-state index contributed by atoms with van der Waals surface area (Å²) in [4.78, 5) is 15.5. The summed E-state index contributed by atoms with van der Waals surface area (Å²) in [5, 5.41) is 0. The number of anilines is 1. The molecule has 0 aliphatic rings. The van der Waals surface area contributed by atoms with E-state index in [1.165, 1.54) is 0 Å². The Morgan fingerprint density at radius 1 is 1.57 bits per heavy atom. The number of nitrogens with two attached hydrogens (primary N) is 1. The molecule has 74 valence electrons. The summed E-state index contributed by atoms with van der Waals surface area (Å²) in [7, 11) is 0. The van der Waals surface area contributed by atoms with E-state index in [0.29, 0.717) is 16.0 Å². The summed E-state index contributed by atoms with van der Waals surface area (Å²) in [6.45, 7) is 2.15. The number of fused-ring (bicyclic) bond motifs is 1. The van der Waals surface area contributed by atoms with Crippen molar-refractivity contribution < 1.29 is 0 Å². The van der Waals surface area contributed by atoms with Gasteiger partial charge in [0.15, 0.2) is 0 Å². The predicted octanol–water partition coefficient (Wildman–Crippen LogP) is -0.0809. The average Bonchev–Trinajstić information content (AvgIpc) is 2.50. The molecule has 2 atom stereocenters. The van der Waals surface area contributed by atoms with Gasteiger partial charge in [-0.3, -0.25) is 0 Å². The van der Waals surface area contributed by atoms with E-state index in [0.717, 1.165) is 17.9 Å². The van der Waals surface area contributed by atoms with Crippen LogP contribution in [0.3, 0.4) is 0 Å². The van der Waals surface area contributed by atoms with Crippen molar-refractivity contribution in [3.05, 3.63) is 12.2 Å². The molecule has 6 heteroatoms. The molecule has 0 spiro atoms. The molecule has 3 N–H and O–H groups in total. The van der Waals surface area contributed by atoms with Gasteiger partial charge < -0.3 is 0 Å². The second kappa shape index (κ2) is 3.58. The zero-order valence-corrected chi connectivity index (χ0v) is 10.3. The van der Waals surface area contributed by atoms with Crippen molar-refractivity contribution >= 4 is 33.8 Å². The van der Waals surface area contributed by atoms with Gasteiger partial charge in [-0.15, -0.1) is 0 Å². The zero-order valence-electron chi connectivity index (χ0n) is 7.86. The molecule has 0 aromatic carbocycles. The number of nitrogen functional groups attached to an aromatic ring is 1. The Balaban J connectivity index is 2.47. The molecule has 0 radical (unpaired) electrons. The number of hydrogen-bond acceptors (Lipinski definition) is 4. The van der Waals surface area contributed by atoms with Gasteiger partial charge in [0.1, 0.15) is 0 Å². The molecule has 2 unspecified atom stereocenters. The van der Waals surface area contributed by atoms with Crippen LogP contribution in [-0.2, 0) is 6.42 Å². The Morgan fingerprint density at radius 3 is 3.07 bits per heavy atom. The zero-order chi connectivity index (χ0) is 10.1. The van der Waals surface area contributed by atoms with Crippen LogP contribution in [0.25, 0.3) is 11.2 Å². The Bertz CT molecular complexity index is 450. The van der Waals surface area contributed by atoms with E-state index in [-0.39, 0.29) is 0 Å². The number of H-pyrrole nitrogens is 1. The van der Waals surface area contributed by atoms with Gasteiger partial charge in [0.25, 0.3) is 0 Å². The first-order chi connectivity index (χ1) is 6.66. The predicted molar refractivity (Wildman–Crippen MR) is 57.8 cm³/mol. The molecule has 2 rings (SSSR count). The van der Waals surface area contributed by atoms with Crippen molar-refractivity contribution in [1.29, 1.82) is 0 Å². The molecule has 0 saturated heterocycles. The summed E-state index contributed by atoms with van der Waals surface area (Å²) in [5.74, 6) is 1.25. The molecule has 2 aromatic heterocycles. The first-order valence-electron chi connectivity index (χ1n) is 4.38. The molecular weight excluding hydrogens is 241 g/mol. The minimum atomic E-state index is 0.458. The fraction of sp³-hybridized carbons (Fsp3) is 0.375. The Hall–Kier alpha value is -1.09. The summed E-state index contributed by atoms with van der Waals surface area (Å²) >= 11 is 1.68. The molecule has 0 amide bonds. The van der Waals surface area contributed by atoms with E-state index in [4.69, 9.17) is 5.73 Å². The van der Waals surface area contributed by atoms with Crippen molar-refractivity contribution in [2.45, 2.75) is 18.1 Å². The normalized spacial score (nSPS) is 13.3. The van der Waals surface area contributed by atoms with Gasteiger partial charge in [0.05, 0.1) is 0 Å². The third-order valence-electron chi connectivity index (χ3n) is 1.86. The van der Waals surface area contributed by atoms with E-state index in [1.807, 2.05) is 0 Å². The molecule has 2 aromatic rings. The van der Waals surface area contributed by atoms with E-state index < -0.39 is 0 Å². The maximum absolute atomic E-state index is 5.75. The van der Waals surface area contributed by atoms with Crippen LogP contribution in [0.1, 0.15) is 12.7 Å². The third kappa shape index (κ3) is 1.73. The molecule has 2 heterocycles. The Morgan fingerprint density at radius 2 is 2.36 bits per heavy atom. The number of nitrogens with zero attached hydrogens (tertiary/aromatic N) is 3. The van der Waals surface area contributed by atoms with E-state index >= 15 is 0 Å². The van der Waals surface area contributed by atoms with Gasteiger partial charge in [0.2, 0.25) is 0 Å². The molecule has 14 heavy (non-hydrogen) atoms. The fourth-order valence-electron chi connectivity index (χ4n) is 1.29. The third-order valence-corrected chi connectivity index (χ3v) is 2.35. The minimum absolute atomic E-state index is 0.458. The first kappa shape index (κ1) is 9.46. The number of hydrogen-bond donors (Lipinski definition) is 2. The van der Waals surface area contributed by atoms with Crippen LogP contribution in [0, 0.1) is 0 Å². The van der Waals surface area contributed by atoms with Crippen molar-refractivity contribution in [3.63, 3.8) is 0 Å². The van der Waals surface area contributed by atoms with Crippen LogP contribution in [0.5, 0.6) is 0 Å². The van der Waals surface area contributed by atoms with Crippen LogP contribution in [-0.4, -0.2) is 36.8 Å². The van der Waals surface area contributed by atoms with E-state index in [9.17, 15) is 0 Å². The number of rotatable bonds is 2. The van der Waals surface area contributed by atoms with Crippen LogP contribution < -0.4 is 5.73 Å². The topological polar surface area (TPSA) is 80.5 Å². The molecule has 0 fully saturated rings. The van der Waals surface area contributed by atoms with Gasteiger partial charge in [-0.2, -0.15) is 0 Å². The summed E-state index contributed by atoms with van der Waals surface area (Å²) in [6.07, 6.45) is 2.44. The number of aromatic nitrogens is 4. The van der Waals surface area contributed by atoms with Crippen molar-refractivity contribution in [2.75, 3.05) is 5.73 Å². The first-order valence-corrected chi connectivity index (χ1v) is 5.77. The molecule has 0 saturated carbocycles. The van der Waals surface area contributed by atoms with Gasteiger partial charge in [0, 0.05) is 0 Å². The van der Waals surface area contributed by atoms with Gasteiger partial charge in [-0.1, -0.05) is 0 Å². The monoisotopic (exact) mass is 253 g/mol. The van der Waals surface area contributed by atoms with Crippen molar-refractivity contribution in [2.24, 2.45) is 0 Å². The van der Waals surface area contributed by atoms with Crippen molar-refractivity contribution in [3.8, 4) is 0 Å². The Kier molecular flexibility index (Phi) is 2.42. The quantitative estimate of drug-likeness (QED) is 0.733. The van der Waals surface area contributed by atoms with E-state index in [1.54, 1.807) is 23.2 Å². The average molecular weight is 253 g/mol. The van der Waals surface area contributed by atoms with Crippen LogP contribution >= 0.6 is 0 Å². The molecule has 0 aliphatic heterocycles. The second-order valence-corrected chi connectivity index (χ2v) is 5.69. The van der Waals surface area contributed by atoms with Crippen LogP contribution in [0.4, 0.5) is 5.82 Å². The standard InChI is InChI=1S/C8H12AsN5/c1-4(9)2-5-13-7(10)6-8(14-5)12-3-11-6/h3-4H,2,9H2,1H3,(H3,10,11,12,13,14). The van der Waals surface area contributed by atoms with Crippen molar-refractivity contribution in [1.82, 2.24) is 19.9 Å². The number of imidazole rings is 1. The summed E-state index contributed by atoms with van der Waals surface area (Å²) in [6, 6.07) is 0. The SMILES string of the molecule is CC([AsH2])Cc1nc(N)c2nc[nH]c2n1. The maximum atomic E-state index is 5.75. The van der Waals surface area contributed by atoms with Gasteiger partial charge >= 0.3 is 89.7 Å². The van der Waals surface area contributed by atoms with E-state index in [2.05, 4.69) is 26.9 Å².